The Hall–Kier alpha value is -2.82. The number of amides is 2. The molecule has 0 saturated carbocycles. The van der Waals surface area contributed by atoms with Gasteiger partial charge in [0.1, 0.15) is 6.54 Å². The second-order valence-corrected chi connectivity index (χ2v) is 7.84. The molecular weight excluding hydrogens is 350 g/mol. The number of anilines is 2. The van der Waals surface area contributed by atoms with Gasteiger partial charge in [-0.05, 0) is 56.5 Å². The smallest absolute Gasteiger partial charge is 0.256 e. The van der Waals surface area contributed by atoms with Gasteiger partial charge in [0.25, 0.3) is 5.91 Å². The topological polar surface area (TPSA) is 43.9 Å². The van der Waals surface area contributed by atoms with Crippen molar-refractivity contribution < 1.29 is 9.59 Å². The first kappa shape index (κ1) is 18.5. The van der Waals surface area contributed by atoms with Crippen molar-refractivity contribution >= 4 is 23.2 Å². The standard InChI is InChI=1S/C23H27N3O2/c1-17-8-7-9-19(14-17)26-15-18(2)25(16-22(26)27)23(28)20-10-3-4-11-21(20)24-12-5-6-13-24/h3-4,7-11,14,18H,5-6,12-13,15-16H2,1-2H3/t18-/m0/s1. The van der Waals surface area contributed by atoms with E-state index in [2.05, 4.69) is 4.90 Å². The summed E-state index contributed by atoms with van der Waals surface area (Å²) in [6.07, 6.45) is 2.32. The lowest BCUT2D eigenvalue weighted by Crippen LogP contribution is -2.57. The van der Waals surface area contributed by atoms with E-state index in [-0.39, 0.29) is 24.4 Å². The van der Waals surface area contributed by atoms with Gasteiger partial charge in [0, 0.05) is 37.1 Å². The van der Waals surface area contributed by atoms with Crippen LogP contribution < -0.4 is 9.80 Å². The van der Waals surface area contributed by atoms with Gasteiger partial charge < -0.3 is 14.7 Å². The lowest BCUT2D eigenvalue weighted by molar-refractivity contribution is -0.121. The van der Waals surface area contributed by atoms with Crippen LogP contribution in [0.2, 0.25) is 0 Å². The maximum absolute atomic E-state index is 13.4. The molecule has 2 amide bonds. The molecular formula is C23H27N3O2. The molecule has 5 nitrogen and oxygen atoms in total. The third-order valence-electron chi connectivity index (χ3n) is 5.74. The van der Waals surface area contributed by atoms with Gasteiger partial charge in [-0.3, -0.25) is 9.59 Å². The predicted octanol–water partition coefficient (Wildman–Crippen LogP) is 3.47. The first-order valence-electron chi connectivity index (χ1n) is 10.1. The van der Waals surface area contributed by atoms with E-state index in [0.717, 1.165) is 42.9 Å². The van der Waals surface area contributed by atoms with Crippen molar-refractivity contribution in [2.75, 3.05) is 36.0 Å². The largest absolute Gasteiger partial charge is 0.371 e. The zero-order valence-electron chi connectivity index (χ0n) is 16.6. The third kappa shape index (κ3) is 3.49. The summed E-state index contributed by atoms with van der Waals surface area (Å²) in [5, 5.41) is 0. The molecule has 2 aromatic carbocycles. The Kier molecular flexibility index (Phi) is 5.07. The Bertz CT molecular complexity index is 889. The summed E-state index contributed by atoms with van der Waals surface area (Å²) in [4.78, 5) is 32.0. The second kappa shape index (κ2) is 7.66. The molecule has 2 saturated heterocycles. The van der Waals surface area contributed by atoms with Crippen molar-refractivity contribution in [3.63, 3.8) is 0 Å². The van der Waals surface area contributed by atoms with Crippen molar-refractivity contribution in [3.8, 4) is 0 Å². The molecule has 0 spiro atoms. The summed E-state index contributed by atoms with van der Waals surface area (Å²) in [6.45, 7) is 6.64. The highest BCUT2D eigenvalue weighted by atomic mass is 16.2. The van der Waals surface area contributed by atoms with E-state index >= 15 is 0 Å². The normalized spacial score (nSPS) is 20.0. The van der Waals surface area contributed by atoms with Crippen molar-refractivity contribution in [1.29, 1.82) is 0 Å². The lowest BCUT2D eigenvalue weighted by Gasteiger charge is -2.40. The molecule has 146 valence electrons. The Labute approximate surface area is 166 Å². The van der Waals surface area contributed by atoms with E-state index in [0.29, 0.717) is 12.1 Å². The molecule has 4 rings (SSSR count). The molecule has 28 heavy (non-hydrogen) atoms. The van der Waals surface area contributed by atoms with Crippen molar-refractivity contribution in [3.05, 3.63) is 59.7 Å². The van der Waals surface area contributed by atoms with Gasteiger partial charge in [-0.15, -0.1) is 0 Å². The van der Waals surface area contributed by atoms with Crippen LogP contribution in [0.15, 0.2) is 48.5 Å². The number of rotatable bonds is 3. The summed E-state index contributed by atoms with van der Waals surface area (Å²) in [5.74, 6) is -0.0806. The van der Waals surface area contributed by atoms with Gasteiger partial charge in [0.05, 0.1) is 5.56 Å². The van der Waals surface area contributed by atoms with Crippen LogP contribution in [0.25, 0.3) is 0 Å². The zero-order chi connectivity index (χ0) is 19.7. The Morgan fingerprint density at radius 1 is 1.04 bits per heavy atom. The first-order valence-corrected chi connectivity index (χ1v) is 10.1. The minimum Gasteiger partial charge on any atom is -0.371 e. The van der Waals surface area contributed by atoms with Gasteiger partial charge in [-0.2, -0.15) is 0 Å². The molecule has 2 aliphatic heterocycles. The van der Waals surface area contributed by atoms with Crippen LogP contribution >= 0.6 is 0 Å². The monoisotopic (exact) mass is 377 g/mol. The number of benzene rings is 2. The number of piperazine rings is 1. The van der Waals surface area contributed by atoms with Crippen LogP contribution in [0.4, 0.5) is 11.4 Å². The van der Waals surface area contributed by atoms with Gasteiger partial charge in [0.2, 0.25) is 5.91 Å². The summed E-state index contributed by atoms with van der Waals surface area (Å²) in [5.41, 5.74) is 3.72. The van der Waals surface area contributed by atoms with Crippen LogP contribution in [0, 0.1) is 6.92 Å². The van der Waals surface area contributed by atoms with Gasteiger partial charge in [-0.1, -0.05) is 24.3 Å². The van der Waals surface area contributed by atoms with Crippen LogP contribution in [0.5, 0.6) is 0 Å². The number of carbonyl (C=O) groups is 2. The molecule has 2 aromatic rings. The summed E-state index contributed by atoms with van der Waals surface area (Å²) < 4.78 is 0. The zero-order valence-corrected chi connectivity index (χ0v) is 16.6. The maximum Gasteiger partial charge on any atom is 0.256 e. The van der Waals surface area contributed by atoms with Crippen molar-refractivity contribution in [1.82, 2.24) is 4.90 Å². The van der Waals surface area contributed by atoms with Crippen LogP contribution in [0.3, 0.4) is 0 Å². The van der Waals surface area contributed by atoms with Crippen LogP contribution in [-0.2, 0) is 4.79 Å². The van der Waals surface area contributed by atoms with E-state index in [9.17, 15) is 9.59 Å². The van der Waals surface area contributed by atoms with Gasteiger partial charge in [0.15, 0.2) is 0 Å². The fraction of sp³-hybridized carbons (Fsp3) is 0.391. The van der Waals surface area contributed by atoms with E-state index in [1.54, 1.807) is 9.80 Å². The summed E-state index contributed by atoms with van der Waals surface area (Å²) in [6, 6.07) is 15.7. The van der Waals surface area contributed by atoms with Gasteiger partial charge >= 0.3 is 0 Å². The highest BCUT2D eigenvalue weighted by Crippen LogP contribution is 2.28. The fourth-order valence-electron chi connectivity index (χ4n) is 4.21. The maximum atomic E-state index is 13.4. The summed E-state index contributed by atoms with van der Waals surface area (Å²) >= 11 is 0. The third-order valence-corrected chi connectivity index (χ3v) is 5.74. The molecule has 0 unspecified atom stereocenters. The molecule has 5 heteroatoms. The average Bonchev–Trinajstić information content (AvgIpc) is 3.23. The predicted molar refractivity (Wildman–Crippen MR) is 112 cm³/mol. The summed E-state index contributed by atoms with van der Waals surface area (Å²) in [7, 11) is 0. The second-order valence-electron chi connectivity index (χ2n) is 7.84. The minimum atomic E-state index is -0.0488. The average molecular weight is 377 g/mol. The highest BCUT2D eigenvalue weighted by molar-refractivity contribution is 6.04. The minimum absolute atomic E-state index is 0.0318. The Morgan fingerprint density at radius 2 is 1.79 bits per heavy atom. The molecule has 0 bridgehead atoms. The molecule has 0 N–H and O–H groups in total. The molecule has 0 aliphatic carbocycles. The molecule has 0 aromatic heterocycles. The van der Waals surface area contributed by atoms with E-state index in [1.165, 1.54) is 0 Å². The fourth-order valence-corrected chi connectivity index (χ4v) is 4.21. The number of para-hydroxylation sites is 1. The van der Waals surface area contributed by atoms with Crippen LogP contribution in [0.1, 0.15) is 35.7 Å². The molecule has 1 atom stereocenters. The van der Waals surface area contributed by atoms with Crippen LogP contribution in [-0.4, -0.2) is 48.9 Å². The SMILES string of the molecule is Cc1cccc(N2C[C@H](C)N(C(=O)c3ccccc3N3CCCC3)CC2=O)c1. The highest BCUT2D eigenvalue weighted by Gasteiger charge is 2.35. The number of nitrogens with zero attached hydrogens (tertiary/aromatic N) is 3. The number of hydrogen-bond donors (Lipinski definition) is 0. The van der Waals surface area contributed by atoms with Gasteiger partial charge in [-0.25, -0.2) is 0 Å². The number of carbonyl (C=O) groups excluding carboxylic acids is 2. The number of aryl methyl sites for hydroxylation is 1. The van der Waals surface area contributed by atoms with Crippen molar-refractivity contribution in [2.45, 2.75) is 32.7 Å². The van der Waals surface area contributed by atoms with E-state index in [1.807, 2.05) is 62.4 Å². The molecule has 2 heterocycles. The number of hydrogen-bond acceptors (Lipinski definition) is 3. The van der Waals surface area contributed by atoms with Crippen molar-refractivity contribution in [2.24, 2.45) is 0 Å². The Balaban J connectivity index is 1.56. The van der Waals surface area contributed by atoms with E-state index < -0.39 is 0 Å². The first-order chi connectivity index (χ1) is 13.5. The molecule has 2 aliphatic rings. The quantitative estimate of drug-likeness (QED) is 0.823. The molecule has 2 fully saturated rings. The molecule has 0 radical (unpaired) electrons. The Morgan fingerprint density at radius 3 is 2.54 bits per heavy atom. The lowest BCUT2D eigenvalue weighted by atomic mass is 10.1. The van der Waals surface area contributed by atoms with E-state index in [4.69, 9.17) is 0 Å².